The number of imide groups is 1. The zero-order chi connectivity index (χ0) is 15.7. The normalized spacial score (nSPS) is 21.0. The van der Waals surface area contributed by atoms with Crippen molar-refractivity contribution < 1.29 is 14.4 Å². The fourth-order valence-electron chi connectivity index (χ4n) is 2.82. The predicted molar refractivity (Wildman–Crippen MR) is 82.3 cm³/mol. The van der Waals surface area contributed by atoms with Crippen LogP contribution in [0.2, 0.25) is 0 Å². The average Bonchev–Trinajstić information content (AvgIpc) is 2.82. The first-order valence-corrected chi connectivity index (χ1v) is 8.19. The molecule has 0 spiro atoms. The number of carbonyl (C=O) groups is 3. The van der Waals surface area contributed by atoms with Crippen molar-refractivity contribution in [2.24, 2.45) is 5.73 Å². The van der Waals surface area contributed by atoms with Gasteiger partial charge < -0.3 is 10.6 Å². The highest BCUT2D eigenvalue weighted by atomic mass is 32.2. The van der Waals surface area contributed by atoms with E-state index in [2.05, 4.69) is 5.32 Å². The molecule has 6 nitrogen and oxygen atoms in total. The topological polar surface area (TPSA) is 92.5 Å². The number of hydrogen-bond donors (Lipinski definition) is 2. The minimum Gasteiger partial charge on any atom is -0.330 e. The van der Waals surface area contributed by atoms with E-state index in [9.17, 15) is 14.4 Å². The lowest BCUT2D eigenvalue weighted by Gasteiger charge is -2.29. The van der Waals surface area contributed by atoms with Gasteiger partial charge in [-0.1, -0.05) is 0 Å². The van der Waals surface area contributed by atoms with E-state index in [1.165, 1.54) is 0 Å². The maximum atomic E-state index is 12.5. The number of rotatable bonds is 4. The molecule has 0 aliphatic carbocycles. The van der Waals surface area contributed by atoms with Gasteiger partial charge in [-0.3, -0.25) is 19.7 Å². The van der Waals surface area contributed by atoms with Crippen LogP contribution in [0.1, 0.15) is 28.8 Å². The summed E-state index contributed by atoms with van der Waals surface area (Å²) in [5.41, 5.74) is 7.07. The summed E-state index contributed by atoms with van der Waals surface area (Å²) in [6.07, 6.45) is 0.660. The Balaban J connectivity index is 1.78. The van der Waals surface area contributed by atoms with Crippen molar-refractivity contribution in [2.45, 2.75) is 30.3 Å². The van der Waals surface area contributed by atoms with E-state index in [0.717, 1.165) is 16.2 Å². The Labute approximate surface area is 132 Å². The largest absolute Gasteiger partial charge is 0.330 e. The van der Waals surface area contributed by atoms with E-state index < -0.39 is 6.04 Å². The molecule has 3 amide bonds. The zero-order valence-corrected chi connectivity index (χ0v) is 12.8. The Morgan fingerprint density at radius 3 is 2.86 bits per heavy atom. The van der Waals surface area contributed by atoms with Gasteiger partial charge in [-0.2, -0.15) is 0 Å². The molecule has 7 heteroatoms. The number of nitrogens with zero attached hydrogens (tertiary/aromatic N) is 1. The Bertz CT molecular complexity index is 647. The summed E-state index contributed by atoms with van der Waals surface area (Å²) in [5.74, 6) is 0.0322. The minimum absolute atomic E-state index is 0.139. The van der Waals surface area contributed by atoms with Crippen LogP contribution in [0.5, 0.6) is 0 Å². The van der Waals surface area contributed by atoms with Crippen LogP contribution in [0.15, 0.2) is 23.1 Å². The quantitative estimate of drug-likeness (QED) is 0.623. The number of benzene rings is 1. The maximum Gasteiger partial charge on any atom is 0.255 e. The molecule has 2 aliphatic rings. The van der Waals surface area contributed by atoms with E-state index in [-0.39, 0.29) is 24.1 Å². The van der Waals surface area contributed by atoms with E-state index in [4.69, 9.17) is 5.73 Å². The van der Waals surface area contributed by atoms with Crippen molar-refractivity contribution in [3.8, 4) is 0 Å². The molecule has 0 saturated carbocycles. The Hall–Kier alpha value is -1.86. The number of carbonyl (C=O) groups excluding carboxylic acids is 3. The summed E-state index contributed by atoms with van der Waals surface area (Å²) < 4.78 is 0. The second-order valence-corrected chi connectivity index (χ2v) is 6.52. The summed E-state index contributed by atoms with van der Waals surface area (Å²) in [6.45, 7) is 1.01. The van der Waals surface area contributed by atoms with Crippen molar-refractivity contribution >= 4 is 29.5 Å². The number of nitrogens with two attached hydrogens (primary N) is 1. The molecule has 0 bridgehead atoms. The van der Waals surface area contributed by atoms with E-state index >= 15 is 0 Å². The molecule has 0 aromatic heterocycles. The molecule has 2 aliphatic heterocycles. The van der Waals surface area contributed by atoms with Gasteiger partial charge in [0.05, 0.1) is 0 Å². The molecule has 1 fully saturated rings. The number of fused-ring (bicyclic) bond motifs is 1. The number of hydrogen-bond acceptors (Lipinski definition) is 5. The smallest absolute Gasteiger partial charge is 0.255 e. The lowest BCUT2D eigenvalue weighted by Crippen LogP contribution is -2.52. The molecule has 3 N–H and O–H groups in total. The fraction of sp³-hybridized carbons (Fsp3) is 0.400. The zero-order valence-electron chi connectivity index (χ0n) is 12.0. The van der Waals surface area contributed by atoms with Gasteiger partial charge in [-0.15, -0.1) is 11.8 Å². The van der Waals surface area contributed by atoms with Crippen molar-refractivity contribution in [3.05, 3.63) is 29.3 Å². The minimum atomic E-state index is -0.558. The predicted octanol–water partition coefficient (Wildman–Crippen LogP) is 0.498. The summed E-state index contributed by atoms with van der Waals surface area (Å²) in [4.78, 5) is 38.3. The van der Waals surface area contributed by atoms with Gasteiger partial charge in [0.25, 0.3) is 5.91 Å². The summed E-state index contributed by atoms with van der Waals surface area (Å²) in [6, 6.07) is 5.14. The Morgan fingerprint density at radius 1 is 1.32 bits per heavy atom. The number of amides is 3. The first-order valence-electron chi connectivity index (χ1n) is 7.20. The van der Waals surface area contributed by atoms with Gasteiger partial charge in [0.15, 0.2) is 0 Å². The van der Waals surface area contributed by atoms with Gasteiger partial charge >= 0.3 is 0 Å². The molecule has 1 unspecified atom stereocenters. The molecular formula is C15H17N3O3S. The van der Waals surface area contributed by atoms with Crippen LogP contribution in [-0.4, -0.2) is 41.0 Å². The van der Waals surface area contributed by atoms with Crippen LogP contribution in [0.3, 0.4) is 0 Å². The standard InChI is InChI=1S/C15H17N3O3S/c16-5-6-22-10-1-2-11-9(7-10)8-18(15(11)21)12-3-4-13(19)17-14(12)20/h1-2,7,12H,3-6,8,16H2,(H,17,19,20). The molecule has 0 radical (unpaired) electrons. The lowest BCUT2D eigenvalue weighted by atomic mass is 10.0. The van der Waals surface area contributed by atoms with Crippen LogP contribution in [0, 0.1) is 0 Å². The average molecular weight is 319 g/mol. The molecule has 1 aromatic carbocycles. The number of thioether (sulfide) groups is 1. The number of piperidine rings is 1. The van der Waals surface area contributed by atoms with E-state index in [0.29, 0.717) is 25.1 Å². The third kappa shape index (κ3) is 2.74. The molecule has 3 rings (SSSR count). The van der Waals surface area contributed by atoms with Gasteiger partial charge in [0, 0.05) is 35.7 Å². The first-order chi connectivity index (χ1) is 10.6. The van der Waals surface area contributed by atoms with Crippen LogP contribution in [-0.2, 0) is 16.1 Å². The van der Waals surface area contributed by atoms with Crippen molar-refractivity contribution in [2.75, 3.05) is 12.3 Å². The van der Waals surface area contributed by atoms with E-state index in [1.807, 2.05) is 18.2 Å². The molecule has 2 heterocycles. The molecule has 116 valence electrons. The Morgan fingerprint density at radius 2 is 2.14 bits per heavy atom. The highest BCUT2D eigenvalue weighted by Gasteiger charge is 2.38. The monoisotopic (exact) mass is 319 g/mol. The van der Waals surface area contributed by atoms with Gasteiger partial charge in [0.1, 0.15) is 6.04 Å². The molecule has 22 heavy (non-hydrogen) atoms. The van der Waals surface area contributed by atoms with Crippen molar-refractivity contribution in [3.63, 3.8) is 0 Å². The molecular weight excluding hydrogens is 302 g/mol. The second-order valence-electron chi connectivity index (χ2n) is 5.36. The van der Waals surface area contributed by atoms with Crippen LogP contribution in [0.25, 0.3) is 0 Å². The Kier molecular flexibility index (Phi) is 4.17. The molecule has 1 saturated heterocycles. The third-order valence-corrected chi connectivity index (χ3v) is 4.91. The SMILES string of the molecule is NCCSc1ccc2c(c1)CN(C1CCC(=O)NC1=O)C2=O. The molecule has 1 atom stereocenters. The second kappa shape index (κ2) is 6.10. The van der Waals surface area contributed by atoms with Crippen molar-refractivity contribution in [1.29, 1.82) is 0 Å². The number of nitrogens with one attached hydrogen (secondary N) is 1. The van der Waals surface area contributed by atoms with Crippen molar-refractivity contribution in [1.82, 2.24) is 10.2 Å². The maximum absolute atomic E-state index is 12.5. The first kappa shape index (κ1) is 15.1. The van der Waals surface area contributed by atoms with Gasteiger partial charge in [0.2, 0.25) is 11.8 Å². The lowest BCUT2D eigenvalue weighted by molar-refractivity contribution is -0.136. The fourth-order valence-corrected chi connectivity index (χ4v) is 3.56. The van der Waals surface area contributed by atoms with Gasteiger partial charge in [-0.05, 0) is 30.2 Å². The molecule has 1 aromatic rings. The summed E-state index contributed by atoms with van der Waals surface area (Å²) in [7, 11) is 0. The van der Waals surface area contributed by atoms with Crippen LogP contribution >= 0.6 is 11.8 Å². The van der Waals surface area contributed by atoms with Crippen LogP contribution in [0.4, 0.5) is 0 Å². The van der Waals surface area contributed by atoms with Crippen LogP contribution < -0.4 is 11.1 Å². The van der Waals surface area contributed by atoms with Gasteiger partial charge in [-0.25, -0.2) is 0 Å². The highest BCUT2D eigenvalue weighted by molar-refractivity contribution is 7.99. The summed E-state index contributed by atoms with van der Waals surface area (Å²) >= 11 is 1.65. The third-order valence-electron chi connectivity index (χ3n) is 3.88. The van der Waals surface area contributed by atoms with E-state index in [1.54, 1.807) is 16.7 Å². The summed E-state index contributed by atoms with van der Waals surface area (Å²) in [5, 5.41) is 2.30. The highest BCUT2D eigenvalue weighted by Crippen LogP contribution is 2.30.